The zero-order chi connectivity index (χ0) is 19.5. The number of benzene rings is 2. The highest BCUT2D eigenvalue weighted by Gasteiger charge is 2.46. The molecule has 1 aromatic heterocycles. The predicted octanol–water partition coefficient (Wildman–Crippen LogP) is 2.57. The van der Waals surface area contributed by atoms with Crippen LogP contribution in [0.5, 0.6) is 0 Å². The van der Waals surface area contributed by atoms with Crippen LogP contribution in [0.2, 0.25) is 0 Å². The summed E-state index contributed by atoms with van der Waals surface area (Å²) in [5, 5.41) is 0. The summed E-state index contributed by atoms with van der Waals surface area (Å²) in [6.45, 7) is 0. The first-order chi connectivity index (χ1) is 12.1. The van der Waals surface area contributed by atoms with Crippen molar-refractivity contribution in [3.63, 3.8) is 0 Å². The lowest BCUT2D eigenvalue weighted by atomic mass is 10.3. The van der Waals surface area contributed by atoms with E-state index >= 15 is 0 Å². The number of hydrogen-bond donors (Lipinski definition) is 0. The molecule has 3 aromatic rings. The van der Waals surface area contributed by atoms with Crippen LogP contribution >= 0.6 is 0 Å². The molecular formula is C16H15F3N2O4S. The van der Waals surface area contributed by atoms with Gasteiger partial charge in [0, 0.05) is 0 Å². The van der Waals surface area contributed by atoms with E-state index in [1.807, 2.05) is 0 Å². The standard InChI is InChI=1S/C15H12F3N2.CH4O4S/c1-19-12-9-5-6-10-13(12)20(14(19)15(16,17)18)11-7-3-2-4-8-11;1-5-6(2,3)4/h2-10H,1H3;1H3,(H,2,3,4)/q+1;/p-1. The van der Waals surface area contributed by atoms with Crippen LogP contribution in [0, 0.1) is 0 Å². The van der Waals surface area contributed by atoms with Crippen molar-refractivity contribution in [3.8, 4) is 5.69 Å². The van der Waals surface area contributed by atoms with Gasteiger partial charge in [-0.05, 0) is 24.3 Å². The second kappa shape index (κ2) is 7.44. The van der Waals surface area contributed by atoms with Gasteiger partial charge in [0.1, 0.15) is 5.69 Å². The van der Waals surface area contributed by atoms with Gasteiger partial charge in [-0.15, -0.1) is 0 Å². The van der Waals surface area contributed by atoms with Crippen molar-refractivity contribution < 1.29 is 34.9 Å². The van der Waals surface area contributed by atoms with Gasteiger partial charge in [0.05, 0.1) is 14.2 Å². The fourth-order valence-electron chi connectivity index (χ4n) is 2.47. The Kier molecular flexibility index (Phi) is 5.69. The quantitative estimate of drug-likeness (QED) is 0.384. The number of nitrogens with zero attached hydrogens (tertiary/aromatic N) is 2. The van der Waals surface area contributed by atoms with Crippen molar-refractivity contribution in [2.75, 3.05) is 7.11 Å². The molecule has 0 bridgehead atoms. The third-order valence-corrected chi connectivity index (χ3v) is 3.89. The predicted molar refractivity (Wildman–Crippen MR) is 86.2 cm³/mol. The molecule has 0 spiro atoms. The van der Waals surface area contributed by atoms with Crippen LogP contribution in [0.1, 0.15) is 5.82 Å². The molecule has 0 fully saturated rings. The first kappa shape index (κ1) is 19.9. The van der Waals surface area contributed by atoms with Gasteiger partial charge in [-0.25, -0.2) is 13.0 Å². The van der Waals surface area contributed by atoms with E-state index in [0.29, 0.717) is 16.7 Å². The maximum absolute atomic E-state index is 13.4. The molecule has 0 unspecified atom stereocenters. The molecule has 0 amide bonds. The molecule has 0 saturated carbocycles. The van der Waals surface area contributed by atoms with E-state index in [-0.39, 0.29) is 0 Å². The lowest BCUT2D eigenvalue weighted by Gasteiger charge is -2.05. The number of imidazole rings is 1. The largest absolute Gasteiger partial charge is 0.726 e. The maximum Gasteiger partial charge on any atom is 0.495 e. The molecule has 140 valence electrons. The van der Waals surface area contributed by atoms with Crippen molar-refractivity contribution in [1.82, 2.24) is 4.57 Å². The zero-order valence-electron chi connectivity index (χ0n) is 13.8. The molecular weight excluding hydrogens is 373 g/mol. The van der Waals surface area contributed by atoms with Gasteiger partial charge >= 0.3 is 12.0 Å². The number of alkyl halides is 3. The molecule has 0 atom stereocenters. The molecule has 10 heteroatoms. The van der Waals surface area contributed by atoms with Crippen molar-refractivity contribution in [2.24, 2.45) is 7.05 Å². The molecule has 1 heterocycles. The summed E-state index contributed by atoms with van der Waals surface area (Å²) in [4.78, 5) is 0. The number of aromatic nitrogens is 2. The highest BCUT2D eigenvalue weighted by molar-refractivity contribution is 7.80. The second-order valence-corrected chi connectivity index (χ2v) is 6.26. The van der Waals surface area contributed by atoms with E-state index in [0.717, 1.165) is 7.11 Å². The summed E-state index contributed by atoms with van der Waals surface area (Å²) in [6.07, 6.45) is -4.43. The molecule has 0 aliphatic heterocycles. The van der Waals surface area contributed by atoms with Gasteiger partial charge in [0.25, 0.3) is 0 Å². The molecule has 3 rings (SSSR count). The Hall–Kier alpha value is -2.43. The van der Waals surface area contributed by atoms with Gasteiger partial charge < -0.3 is 4.55 Å². The van der Waals surface area contributed by atoms with Crippen LogP contribution in [0.4, 0.5) is 13.2 Å². The van der Waals surface area contributed by atoms with E-state index < -0.39 is 22.4 Å². The van der Waals surface area contributed by atoms with Crippen LogP contribution in [-0.4, -0.2) is 24.6 Å². The summed E-state index contributed by atoms with van der Waals surface area (Å²) in [5.41, 5.74) is 1.58. The number of para-hydroxylation sites is 3. The van der Waals surface area contributed by atoms with Crippen molar-refractivity contribution >= 4 is 21.4 Å². The maximum atomic E-state index is 13.4. The minimum absolute atomic E-state index is 0.497. The fraction of sp³-hybridized carbons (Fsp3) is 0.188. The minimum atomic E-state index is -4.43. The molecule has 0 saturated heterocycles. The monoisotopic (exact) mass is 388 g/mol. The fourth-order valence-corrected chi connectivity index (χ4v) is 2.47. The van der Waals surface area contributed by atoms with Crippen molar-refractivity contribution in [1.29, 1.82) is 0 Å². The van der Waals surface area contributed by atoms with Gasteiger partial charge in [0.15, 0.2) is 11.0 Å². The Balaban J connectivity index is 0.000000352. The van der Waals surface area contributed by atoms with Crippen LogP contribution in [-0.2, 0) is 27.8 Å². The Morgan fingerprint density at radius 1 is 1.04 bits per heavy atom. The normalized spacial score (nSPS) is 11.9. The van der Waals surface area contributed by atoms with Crippen LogP contribution < -0.4 is 4.57 Å². The van der Waals surface area contributed by atoms with Crippen molar-refractivity contribution in [2.45, 2.75) is 6.18 Å². The molecule has 26 heavy (non-hydrogen) atoms. The lowest BCUT2D eigenvalue weighted by Crippen LogP contribution is -2.38. The van der Waals surface area contributed by atoms with Gasteiger partial charge in [-0.3, -0.25) is 4.18 Å². The number of aryl methyl sites for hydroxylation is 1. The summed E-state index contributed by atoms with van der Waals surface area (Å²) in [6, 6.07) is 15.4. The average Bonchev–Trinajstić information content (AvgIpc) is 2.89. The summed E-state index contributed by atoms with van der Waals surface area (Å²) in [5.74, 6) is -0.690. The Morgan fingerprint density at radius 2 is 1.54 bits per heavy atom. The Bertz CT molecular complexity index is 1000. The number of fused-ring (bicyclic) bond motifs is 1. The molecule has 0 aliphatic carbocycles. The SMILES string of the molecule is COS(=O)(=O)[O-].C[n+]1c(C(F)(F)F)n(-c2ccccc2)c2ccccc21. The molecule has 2 aromatic carbocycles. The molecule has 0 aliphatic rings. The number of halogens is 3. The van der Waals surface area contributed by atoms with E-state index in [4.69, 9.17) is 0 Å². The summed E-state index contributed by atoms with van der Waals surface area (Å²) in [7, 11) is -2.17. The average molecular weight is 388 g/mol. The molecule has 6 nitrogen and oxygen atoms in total. The zero-order valence-corrected chi connectivity index (χ0v) is 14.6. The third-order valence-electron chi connectivity index (χ3n) is 3.49. The summed E-state index contributed by atoms with van der Waals surface area (Å²) >= 11 is 0. The van der Waals surface area contributed by atoms with Gasteiger partial charge in [0.2, 0.25) is 10.4 Å². The Labute approximate surface area is 148 Å². The molecule has 0 N–H and O–H groups in total. The second-order valence-electron chi connectivity index (χ2n) is 5.11. The van der Waals surface area contributed by atoms with E-state index in [9.17, 15) is 26.1 Å². The first-order valence-electron chi connectivity index (χ1n) is 7.20. The highest BCUT2D eigenvalue weighted by Crippen LogP contribution is 2.32. The van der Waals surface area contributed by atoms with Crippen LogP contribution in [0.15, 0.2) is 54.6 Å². The first-order valence-corrected chi connectivity index (χ1v) is 8.53. The van der Waals surface area contributed by atoms with E-state index in [2.05, 4.69) is 4.18 Å². The minimum Gasteiger partial charge on any atom is -0.726 e. The highest BCUT2D eigenvalue weighted by atomic mass is 32.3. The summed E-state index contributed by atoms with van der Waals surface area (Å²) < 4.78 is 73.6. The van der Waals surface area contributed by atoms with E-state index in [1.165, 1.54) is 16.2 Å². The smallest absolute Gasteiger partial charge is 0.495 e. The topological polar surface area (TPSA) is 75.2 Å². The number of hydrogen-bond acceptors (Lipinski definition) is 4. The lowest BCUT2D eigenvalue weighted by molar-refractivity contribution is -0.667. The third kappa shape index (κ3) is 4.40. The van der Waals surface area contributed by atoms with Crippen molar-refractivity contribution in [3.05, 3.63) is 60.4 Å². The van der Waals surface area contributed by atoms with E-state index in [1.54, 1.807) is 54.6 Å². The molecule has 0 radical (unpaired) electrons. The van der Waals surface area contributed by atoms with Gasteiger partial charge in [-0.1, -0.05) is 30.3 Å². The van der Waals surface area contributed by atoms with Crippen LogP contribution in [0.3, 0.4) is 0 Å². The van der Waals surface area contributed by atoms with Gasteiger partial charge in [-0.2, -0.15) is 17.7 Å². The Morgan fingerprint density at radius 3 is 2.04 bits per heavy atom. The van der Waals surface area contributed by atoms with Crippen LogP contribution in [0.25, 0.3) is 16.7 Å². The number of rotatable bonds is 2.